The molecule has 0 spiro atoms. The Kier molecular flexibility index (Phi) is 2.63. The molecule has 96 valence electrons. The maximum atomic E-state index is 6.31. The van der Waals surface area contributed by atoms with E-state index >= 15 is 0 Å². The second-order valence-corrected chi connectivity index (χ2v) is 5.71. The number of hydrogen-bond donors (Lipinski definition) is 0. The molecule has 4 aromatic carbocycles. The lowest BCUT2D eigenvalue weighted by Crippen LogP contribution is -1.82. The Morgan fingerprint density at radius 1 is 0.500 bits per heavy atom. The van der Waals surface area contributed by atoms with Crippen LogP contribution < -0.4 is 0 Å². The van der Waals surface area contributed by atoms with Crippen LogP contribution in [-0.2, 0) is 0 Å². The SMILES string of the molecule is Clc1cccc2c1ccc1ccc3c(Cl)cccc3c12. The molecular formula is C18H10Cl2. The van der Waals surface area contributed by atoms with Crippen molar-refractivity contribution in [2.75, 3.05) is 0 Å². The lowest BCUT2D eigenvalue weighted by atomic mass is 9.96. The van der Waals surface area contributed by atoms with Gasteiger partial charge in [-0.1, -0.05) is 71.7 Å². The predicted octanol–water partition coefficient (Wildman–Crippen LogP) is 6.45. The van der Waals surface area contributed by atoms with Gasteiger partial charge in [-0.3, -0.25) is 0 Å². The molecule has 0 atom stereocenters. The molecule has 0 aromatic heterocycles. The van der Waals surface area contributed by atoms with E-state index in [0.29, 0.717) is 0 Å². The third-order valence-electron chi connectivity index (χ3n) is 3.79. The molecule has 0 fully saturated rings. The van der Waals surface area contributed by atoms with Gasteiger partial charge >= 0.3 is 0 Å². The summed E-state index contributed by atoms with van der Waals surface area (Å²) in [5.74, 6) is 0. The number of rotatable bonds is 0. The van der Waals surface area contributed by atoms with Crippen molar-refractivity contribution >= 4 is 55.5 Å². The monoisotopic (exact) mass is 296 g/mol. The van der Waals surface area contributed by atoms with Crippen molar-refractivity contribution in [3.8, 4) is 0 Å². The van der Waals surface area contributed by atoms with Crippen molar-refractivity contribution < 1.29 is 0 Å². The van der Waals surface area contributed by atoms with Crippen LogP contribution in [0.1, 0.15) is 0 Å². The van der Waals surface area contributed by atoms with Crippen molar-refractivity contribution in [2.24, 2.45) is 0 Å². The van der Waals surface area contributed by atoms with Crippen LogP contribution in [0.4, 0.5) is 0 Å². The zero-order valence-corrected chi connectivity index (χ0v) is 12.0. The first-order valence-corrected chi connectivity index (χ1v) is 7.19. The predicted molar refractivity (Wildman–Crippen MR) is 89.0 cm³/mol. The fourth-order valence-electron chi connectivity index (χ4n) is 2.87. The highest BCUT2D eigenvalue weighted by atomic mass is 35.5. The van der Waals surface area contributed by atoms with Crippen LogP contribution in [0.15, 0.2) is 60.7 Å². The van der Waals surface area contributed by atoms with Crippen molar-refractivity contribution in [1.82, 2.24) is 0 Å². The quantitative estimate of drug-likeness (QED) is 0.327. The zero-order valence-electron chi connectivity index (χ0n) is 10.5. The van der Waals surface area contributed by atoms with Gasteiger partial charge in [0, 0.05) is 20.8 Å². The molecule has 0 bridgehead atoms. The summed E-state index contributed by atoms with van der Waals surface area (Å²) in [5, 5.41) is 8.47. The van der Waals surface area contributed by atoms with E-state index < -0.39 is 0 Å². The molecule has 0 nitrogen and oxygen atoms in total. The van der Waals surface area contributed by atoms with Crippen LogP contribution in [0.5, 0.6) is 0 Å². The maximum Gasteiger partial charge on any atom is 0.0484 e. The Morgan fingerprint density at radius 3 is 1.50 bits per heavy atom. The molecule has 0 saturated heterocycles. The molecule has 0 N–H and O–H groups in total. The molecule has 0 aliphatic rings. The normalized spacial score (nSPS) is 11.5. The van der Waals surface area contributed by atoms with Gasteiger partial charge in [0.15, 0.2) is 0 Å². The van der Waals surface area contributed by atoms with Gasteiger partial charge in [0.1, 0.15) is 0 Å². The summed E-state index contributed by atoms with van der Waals surface area (Å²) in [6.07, 6.45) is 0. The van der Waals surface area contributed by atoms with Gasteiger partial charge in [-0.15, -0.1) is 0 Å². The first-order valence-electron chi connectivity index (χ1n) is 6.44. The maximum absolute atomic E-state index is 6.31. The summed E-state index contributed by atoms with van der Waals surface area (Å²) in [4.78, 5) is 0. The molecule has 0 heterocycles. The molecule has 4 aromatic rings. The molecule has 0 radical (unpaired) electrons. The lowest BCUT2D eigenvalue weighted by molar-refractivity contribution is 1.77. The molecular weight excluding hydrogens is 287 g/mol. The Bertz CT molecular complexity index is 894. The minimum absolute atomic E-state index is 0.781. The molecule has 0 aliphatic carbocycles. The molecule has 2 heteroatoms. The molecule has 4 rings (SSSR count). The summed E-state index contributed by atoms with van der Waals surface area (Å²) in [6, 6.07) is 20.5. The Hall–Kier alpha value is -1.76. The van der Waals surface area contributed by atoms with Crippen molar-refractivity contribution in [3.05, 3.63) is 70.7 Å². The van der Waals surface area contributed by atoms with Crippen molar-refractivity contribution in [1.29, 1.82) is 0 Å². The smallest absolute Gasteiger partial charge is 0.0484 e. The van der Waals surface area contributed by atoms with Gasteiger partial charge in [-0.25, -0.2) is 0 Å². The van der Waals surface area contributed by atoms with E-state index in [4.69, 9.17) is 23.2 Å². The van der Waals surface area contributed by atoms with Crippen LogP contribution in [0.3, 0.4) is 0 Å². The second kappa shape index (κ2) is 4.37. The zero-order chi connectivity index (χ0) is 13.7. The van der Waals surface area contributed by atoms with Crippen LogP contribution in [0, 0.1) is 0 Å². The highest BCUT2D eigenvalue weighted by molar-refractivity contribution is 6.39. The molecule has 0 aliphatic heterocycles. The number of benzene rings is 4. The Morgan fingerprint density at radius 2 is 1.00 bits per heavy atom. The molecule has 0 saturated carbocycles. The first kappa shape index (κ1) is 12.0. The minimum atomic E-state index is 0.781. The Balaban J connectivity index is 2.36. The standard InChI is InChI=1S/C18H10Cl2/c19-16-5-1-3-14-12(16)9-7-11-8-10-13-15(18(11)14)4-2-6-17(13)20/h1-10H. The highest BCUT2D eigenvalue weighted by Gasteiger charge is 2.08. The van der Waals surface area contributed by atoms with E-state index in [2.05, 4.69) is 36.4 Å². The van der Waals surface area contributed by atoms with E-state index in [1.54, 1.807) is 0 Å². The van der Waals surface area contributed by atoms with E-state index in [9.17, 15) is 0 Å². The molecule has 0 unspecified atom stereocenters. The van der Waals surface area contributed by atoms with Gasteiger partial charge in [0.2, 0.25) is 0 Å². The van der Waals surface area contributed by atoms with Gasteiger partial charge in [0.25, 0.3) is 0 Å². The van der Waals surface area contributed by atoms with Gasteiger partial charge in [-0.2, -0.15) is 0 Å². The summed E-state index contributed by atoms with van der Waals surface area (Å²) in [5.41, 5.74) is 0. The minimum Gasteiger partial charge on any atom is -0.0837 e. The van der Waals surface area contributed by atoms with Crippen molar-refractivity contribution in [3.63, 3.8) is 0 Å². The van der Waals surface area contributed by atoms with Gasteiger partial charge < -0.3 is 0 Å². The van der Waals surface area contributed by atoms with E-state index in [1.165, 1.54) is 21.5 Å². The molecule has 0 amide bonds. The average Bonchev–Trinajstić information content (AvgIpc) is 2.47. The van der Waals surface area contributed by atoms with Gasteiger partial charge in [0.05, 0.1) is 0 Å². The van der Waals surface area contributed by atoms with Crippen LogP contribution >= 0.6 is 23.2 Å². The number of hydrogen-bond acceptors (Lipinski definition) is 0. The van der Waals surface area contributed by atoms with E-state index in [0.717, 1.165) is 20.8 Å². The third-order valence-corrected chi connectivity index (χ3v) is 4.45. The topological polar surface area (TPSA) is 0 Å². The average molecular weight is 297 g/mol. The molecule has 20 heavy (non-hydrogen) atoms. The Labute approximate surface area is 126 Å². The van der Waals surface area contributed by atoms with Crippen molar-refractivity contribution in [2.45, 2.75) is 0 Å². The fraction of sp³-hybridized carbons (Fsp3) is 0. The third kappa shape index (κ3) is 1.62. The fourth-order valence-corrected chi connectivity index (χ4v) is 3.35. The van der Waals surface area contributed by atoms with Crippen LogP contribution in [0.2, 0.25) is 10.0 Å². The lowest BCUT2D eigenvalue weighted by Gasteiger charge is -2.09. The largest absolute Gasteiger partial charge is 0.0837 e. The summed E-state index contributed by atoms with van der Waals surface area (Å²) in [6.45, 7) is 0. The van der Waals surface area contributed by atoms with E-state index in [1.807, 2.05) is 24.3 Å². The second-order valence-electron chi connectivity index (χ2n) is 4.90. The van der Waals surface area contributed by atoms with Crippen LogP contribution in [-0.4, -0.2) is 0 Å². The van der Waals surface area contributed by atoms with Crippen LogP contribution in [0.25, 0.3) is 32.3 Å². The number of halogens is 2. The highest BCUT2D eigenvalue weighted by Crippen LogP contribution is 2.36. The number of fused-ring (bicyclic) bond motifs is 5. The summed E-state index contributed by atoms with van der Waals surface area (Å²) < 4.78 is 0. The first-order chi connectivity index (χ1) is 9.75. The van der Waals surface area contributed by atoms with Gasteiger partial charge in [-0.05, 0) is 33.7 Å². The summed E-state index contributed by atoms with van der Waals surface area (Å²) in [7, 11) is 0. The summed E-state index contributed by atoms with van der Waals surface area (Å²) >= 11 is 12.6. The van der Waals surface area contributed by atoms with E-state index in [-0.39, 0.29) is 0 Å².